The molecule has 102 valence electrons. The third kappa shape index (κ3) is 2.99. The number of sulfonamides is 1. The van der Waals surface area contributed by atoms with Crippen molar-refractivity contribution in [2.45, 2.75) is 31.2 Å². The fraction of sp³-hybridized carbons (Fsp3) is 0.333. The predicted molar refractivity (Wildman–Crippen MR) is 68.8 cm³/mol. The molecule has 0 spiro atoms. The molecule has 2 aromatic rings. The van der Waals surface area contributed by atoms with Crippen molar-refractivity contribution in [2.75, 3.05) is 0 Å². The fourth-order valence-electron chi connectivity index (χ4n) is 1.59. The van der Waals surface area contributed by atoms with Crippen LogP contribution in [-0.4, -0.2) is 18.6 Å². The molecule has 19 heavy (non-hydrogen) atoms. The first-order chi connectivity index (χ1) is 8.81. The van der Waals surface area contributed by atoms with Crippen molar-refractivity contribution in [3.05, 3.63) is 42.0 Å². The second-order valence-corrected chi connectivity index (χ2v) is 6.36. The fourth-order valence-corrected chi connectivity index (χ4v) is 2.99. The van der Waals surface area contributed by atoms with E-state index in [2.05, 4.69) is 14.9 Å². The Labute approximate surface area is 111 Å². The molecule has 2 rings (SSSR count). The van der Waals surface area contributed by atoms with Crippen LogP contribution >= 0.6 is 0 Å². The van der Waals surface area contributed by atoms with E-state index in [-0.39, 0.29) is 4.90 Å². The molecule has 0 aliphatic heterocycles. The topological polar surface area (TPSA) is 85.1 Å². The highest BCUT2D eigenvalue weighted by Crippen LogP contribution is 2.20. The van der Waals surface area contributed by atoms with Gasteiger partial charge in [0.15, 0.2) is 5.82 Å². The summed E-state index contributed by atoms with van der Waals surface area (Å²) in [4.78, 5) is 4.25. The van der Waals surface area contributed by atoms with E-state index in [0.717, 1.165) is 0 Å². The summed E-state index contributed by atoms with van der Waals surface area (Å²) in [5.41, 5.74) is -0.952. The lowest BCUT2D eigenvalue weighted by atomic mass is 10.1. The highest BCUT2D eigenvalue weighted by molar-refractivity contribution is 7.89. The van der Waals surface area contributed by atoms with Gasteiger partial charge in [-0.1, -0.05) is 23.4 Å². The molecule has 0 radical (unpaired) electrons. The normalized spacial score (nSPS) is 12.6. The molecule has 6 nitrogen and oxygen atoms in total. The maximum absolute atomic E-state index is 12.2. The summed E-state index contributed by atoms with van der Waals surface area (Å²) in [6.45, 7) is 5.01. The van der Waals surface area contributed by atoms with Crippen LogP contribution in [0.4, 0.5) is 0 Å². The van der Waals surface area contributed by atoms with Gasteiger partial charge in [-0.15, -0.1) is 0 Å². The van der Waals surface area contributed by atoms with Crippen LogP contribution < -0.4 is 4.72 Å². The number of hydrogen-bond acceptors (Lipinski definition) is 5. The average Bonchev–Trinajstić information content (AvgIpc) is 2.77. The first-order valence-electron chi connectivity index (χ1n) is 5.71. The highest BCUT2D eigenvalue weighted by Gasteiger charge is 2.32. The maximum Gasteiger partial charge on any atom is 0.241 e. The SMILES string of the molecule is Cc1nc(C(C)(C)NS(=O)(=O)c2ccccc2)no1. The van der Waals surface area contributed by atoms with Crippen LogP contribution in [-0.2, 0) is 15.6 Å². The van der Waals surface area contributed by atoms with Crippen molar-refractivity contribution in [2.24, 2.45) is 0 Å². The summed E-state index contributed by atoms with van der Waals surface area (Å²) in [6, 6.07) is 8.15. The average molecular weight is 281 g/mol. The molecule has 1 N–H and O–H groups in total. The lowest BCUT2D eigenvalue weighted by molar-refractivity contribution is 0.363. The van der Waals surface area contributed by atoms with E-state index in [1.54, 1.807) is 39.0 Å². The van der Waals surface area contributed by atoms with Gasteiger partial charge in [0.05, 0.1) is 10.4 Å². The Morgan fingerprint density at radius 1 is 1.21 bits per heavy atom. The molecule has 7 heteroatoms. The molecule has 0 saturated heterocycles. The van der Waals surface area contributed by atoms with Crippen LogP contribution in [0.5, 0.6) is 0 Å². The monoisotopic (exact) mass is 281 g/mol. The minimum atomic E-state index is -3.63. The first-order valence-corrected chi connectivity index (χ1v) is 7.19. The smallest absolute Gasteiger partial charge is 0.241 e. The lowest BCUT2D eigenvalue weighted by Gasteiger charge is -2.22. The molecular formula is C12H15N3O3S. The number of hydrogen-bond donors (Lipinski definition) is 1. The Morgan fingerprint density at radius 3 is 2.37 bits per heavy atom. The largest absolute Gasteiger partial charge is 0.340 e. The van der Waals surface area contributed by atoms with Gasteiger partial charge in [-0.05, 0) is 26.0 Å². The Hall–Kier alpha value is -1.73. The van der Waals surface area contributed by atoms with Crippen molar-refractivity contribution in [1.82, 2.24) is 14.9 Å². The third-order valence-electron chi connectivity index (χ3n) is 2.53. The zero-order chi connectivity index (χ0) is 14.1. The molecule has 1 aromatic carbocycles. The molecule has 0 aliphatic carbocycles. The Morgan fingerprint density at radius 2 is 1.84 bits per heavy atom. The van der Waals surface area contributed by atoms with Gasteiger partial charge in [0, 0.05) is 6.92 Å². The van der Waals surface area contributed by atoms with Crippen LogP contribution in [0.25, 0.3) is 0 Å². The van der Waals surface area contributed by atoms with E-state index in [0.29, 0.717) is 11.7 Å². The van der Waals surface area contributed by atoms with Crippen molar-refractivity contribution < 1.29 is 12.9 Å². The number of rotatable bonds is 4. The first kappa shape index (κ1) is 13.7. The summed E-state index contributed by atoms with van der Waals surface area (Å²) >= 11 is 0. The minimum Gasteiger partial charge on any atom is -0.340 e. The maximum atomic E-state index is 12.2. The van der Waals surface area contributed by atoms with Gasteiger partial charge in [-0.25, -0.2) is 8.42 Å². The van der Waals surface area contributed by atoms with Crippen LogP contribution in [0.1, 0.15) is 25.6 Å². The number of aryl methyl sites for hydroxylation is 1. The van der Waals surface area contributed by atoms with E-state index in [1.165, 1.54) is 12.1 Å². The van der Waals surface area contributed by atoms with E-state index in [1.807, 2.05) is 0 Å². The van der Waals surface area contributed by atoms with E-state index >= 15 is 0 Å². The Kier molecular flexibility index (Phi) is 3.42. The van der Waals surface area contributed by atoms with Crippen LogP contribution in [0, 0.1) is 6.92 Å². The van der Waals surface area contributed by atoms with Gasteiger partial charge < -0.3 is 4.52 Å². The molecule has 1 heterocycles. The van der Waals surface area contributed by atoms with Crippen molar-refractivity contribution in [3.63, 3.8) is 0 Å². The molecule has 0 amide bonds. The van der Waals surface area contributed by atoms with Gasteiger partial charge >= 0.3 is 0 Å². The second kappa shape index (κ2) is 4.75. The van der Waals surface area contributed by atoms with Crippen LogP contribution in [0.2, 0.25) is 0 Å². The molecule has 0 saturated carbocycles. The number of nitrogens with one attached hydrogen (secondary N) is 1. The summed E-state index contributed by atoms with van der Waals surface area (Å²) in [6.07, 6.45) is 0. The van der Waals surface area contributed by atoms with E-state index in [9.17, 15) is 8.42 Å². The molecule has 0 atom stereocenters. The van der Waals surface area contributed by atoms with Crippen molar-refractivity contribution in [3.8, 4) is 0 Å². The number of aromatic nitrogens is 2. The molecule has 0 unspecified atom stereocenters. The van der Waals surface area contributed by atoms with Gasteiger partial charge in [0.2, 0.25) is 15.9 Å². The van der Waals surface area contributed by atoms with Crippen LogP contribution in [0.3, 0.4) is 0 Å². The van der Waals surface area contributed by atoms with Gasteiger partial charge in [-0.2, -0.15) is 9.71 Å². The summed E-state index contributed by atoms with van der Waals surface area (Å²) < 4.78 is 31.9. The standard InChI is InChI=1S/C12H15N3O3S/c1-9-13-11(14-18-9)12(2,3)15-19(16,17)10-7-5-4-6-8-10/h4-8,15H,1-3H3. The summed E-state index contributed by atoms with van der Waals surface area (Å²) in [7, 11) is -3.63. The Balaban J connectivity index is 2.30. The predicted octanol–water partition coefficient (Wildman–Crippen LogP) is 1.59. The zero-order valence-electron chi connectivity index (χ0n) is 10.9. The Bertz CT molecular complexity index is 663. The van der Waals surface area contributed by atoms with Crippen molar-refractivity contribution >= 4 is 10.0 Å². The second-order valence-electron chi connectivity index (χ2n) is 4.68. The third-order valence-corrected chi connectivity index (χ3v) is 4.20. The van der Waals surface area contributed by atoms with E-state index < -0.39 is 15.6 Å². The molecule has 0 aliphatic rings. The molecule has 1 aromatic heterocycles. The summed E-state index contributed by atoms with van der Waals surface area (Å²) in [5, 5.41) is 3.75. The van der Waals surface area contributed by atoms with Gasteiger partial charge in [-0.3, -0.25) is 0 Å². The lowest BCUT2D eigenvalue weighted by Crippen LogP contribution is -2.41. The quantitative estimate of drug-likeness (QED) is 0.919. The highest BCUT2D eigenvalue weighted by atomic mass is 32.2. The number of benzene rings is 1. The minimum absolute atomic E-state index is 0.197. The van der Waals surface area contributed by atoms with Gasteiger partial charge in [0.25, 0.3) is 0 Å². The number of nitrogens with zero attached hydrogens (tertiary/aromatic N) is 2. The summed E-state index contributed by atoms with van der Waals surface area (Å²) in [5.74, 6) is 0.687. The molecule has 0 bridgehead atoms. The molecule has 0 fully saturated rings. The van der Waals surface area contributed by atoms with E-state index in [4.69, 9.17) is 4.52 Å². The zero-order valence-corrected chi connectivity index (χ0v) is 11.7. The van der Waals surface area contributed by atoms with Crippen molar-refractivity contribution in [1.29, 1.82) is 0 Å². The van der Waals surface area contributed by atoms with Crippen LogP contribution in [0.15, 0.2) is 39.8 Å². The molecular weight excluding hydrogens is 266 g/mol. The van der Waals surface area contributed by atoms with Gasteiger partial charge in [0.1, 0.15) is 0 Å².